The number of hydrogen-bond acceptors (Lipinski definition) is 3. The second kappa shape index (κ2) is 7.75. The smallest absolute Gasteiger partial charge is 0.276 e. The van der Waals surface area contributed by atoms with E-state index in [0.29, 0.717) is 12.2 Å². The van der Waals surface area contributed by atoms with E-state index in [9.17, 15) is 9.59 Å². The quantitative estimate of drug-likeness (QED) is 0.686. The first-order chi connectivity index (χ1) is 14.3. The number of hydrogen-bond donors (Lipinski definition) is 1. The van der Waals surface area contributed by atoms with Crippen LogP contribution in [-0.4, -0.2) is 23.3 Å². The Bertz CT molecular complexity index is 1100. The first-order valence-corrected chi connectivity index (χ1v) is 10.1. The number of anilines is 2. The van der Waals surface area contributed by atoms with Gasteiger partial charge in [0.25, 0.3) is 11.8 Å². The SMILES string of the molecule is CC(C)(C)c1ccc(NC(=O)c2cccc(C(=O)N3CCc4ccccc43)n2)cc1. The Labute approximate surface area is 176 Å². The van der Waals surface area contributed by atoms with Gasteiger partial charge in [-0.05, 0) is 53.3 Å². The molecule has 30 heavy (non-hydrogen) atoms. The van der Waals surface area contributed by atoms with E-state index in [1.54, 1.807) is 23.1 Å². The number of carbonyl (C=O) groups excluding carboxylic acids is 2. The molecular formula is C25H25N3O2. The van der Waals surface area contributed by atoms with Gasteiger partial charge in [0.2, 0.25) is 0 Å². The molecule has 5 nitrogen and oxygen atoms in total. The maximum absolute atomic E-state index is 13.0. The standard InChI is InChI=1S/C25H25N3O2/c1-25(2,3)18-11-13-19(14-12-18)26-23(29)20-8-6-9-21(27-20)24(30)28-16-15-17-7-4-5-10-22(17)28/h4-14H,15-16H2,1-3H3,(H,26,29). The van der Waals surface area contributed by atoms with E-state index >= 15 is 0 Å². The summed E-state index contributed by atoms with van der Waals surface area (Å²) in [6, 6.07) is 20.6. The molecule has 2 amide bonds. The number of carbonyl (C=O) groups is 2. The lowest BCUT2D eigenvalue weighted by Gasteiger charge is -2.19. The normalized spacial score (nSPS) is 13.1. The maximum Gasteiger partial charge on any atom is 0.276 e. The number of aromatic nitrogens is 1. The molecule has 0 unspecified atom stereocenters. The fourth-order valence-corrected chi connectivity index (χ4v) is 3.62. The number of rotatable bonds is 3. The van der Waals surface area contributed by atoms with Crippen LogP contribution >= 0.6 is 0 Å². The van der Waals surface area contributed by atoms with Crippen molar-refractivity contribution in [3.63, 3.8) is 0 Å². The predicted molar refractivity (Wildman–Crippen MR) is 119 cm³/mol. The zero-order chi connectivity index (χ0) is 21.3. The van der Waals surface area contributed by atoms with Gasteiger partial charge in [0.15, 0.2) is 0 Å². The molecule has 1 aromatic heterocycles. The van der Waals surface area contributed by atoms with Crippen molar-refractivity contribution in [2.24, 2.45) is 0 Å². The highest BCUT2D eigenvalue weighted by Crippen LogP contribution is 2.28. The van der Waals surface area contributed by atoms with Crippen molar-refractivity contribution in [2.45, 2.75) is 32.6 Å². The lowest BCUT2D eigenvalue weighted by molar-refractivity contribution is 0.0984. The maximum atomic E-state index is 13.0. The van der Waals surface area contributed by atoms with Crippen molar-refractivity contribution >= 4 is 23.2 Å². The number of nitrogens with zero attached hydrogens (tertiary/aromatic N) is 2. The number of fused-ring (bicyclic) bond motifs is 1. The van der Waals surface area contributed by atoms with Gasteiger partial charge in [-0.1, -0.05) is 57.2 Å². The molecule has 1 aliphatic rings. The van der Waals surface area contributed by atoms with Crippen molar-refractivity contribution in [3.8, 4) is 0 Å². The number of para-hydroxylation sites is 1. The monoisotopic (exact) mass is 399 g/mol. The molecule has 5 heteroatoms. The highest BCUT2D eigenvalue weighted by Gasteiger charge is 2.26. The average Bonchev–Trinajstić information content (AvgIpc) is 3.17. The van der Waals surface area contributed by atoms with Crippen LogP contribution in [0.1, 0.15) is 52.9 Å². The summed E-state index contributed by atoms with van der Waals surface area (Å²) in [5.74, 6) is -0.529. The van der Waals surface area contributed by atoms with Crippen LogP contribution in [0.15, 0.2) is 66.7 Å². The lowest BCUT2D eigenvalue weighted by atomic mass is 9.87. The molecule has 0 radical (unpaired) electrons. The van der Waals surface area contributed by atoms with Gasteiger partial charge in [-0.15, -0.1) is 0 Å². The molecular weight excluding hydrogens is 374 g/mol. The molecule has 2 heterocycles. The van der Waals surface area contributed by atoms with Gasteiger partial charge in [0, 0.05) is 17.9 Å². The molecule has 0 saturated heterocycles. The summed E-state index contributed by atoms with van der Waals surface area (Å²) < 4.78 is 0. The summed E-state index contributed by atoms with van der Waals surface area (Å²) >= 11 is 0. The number of pyridine rings is 1. The van der Waals surface area contributed by atoms with Crippen molar-refractivity contribution in [1.82, 2.24) is 4.98 Å². The Morgan fingerprint density at radius 3 is 2.33 bits per heavy atom. The Morgan fingerprint density at radius 2 is 1.60 bits per heavy atom. The third-order valence-electron chi connectivity index (χ3n) is 5.34. The van der Waals surface area contributed by atoms with Crippen LogP contribution in [0.2, 0.25) is 0 Å². The molecule has 0 bridgehead atoms. The summed E-state index contributed by atoms with van der Waals surface area (Å²) in [6.07, 6.45) is 0.826. The molecule has 0 atom stereocenters. The molecule has 0 saturated carbocycles. The van der Waals surface area contributed by atoms with Gasteiger partial charge in [-0.25, -0.2) is 4.98 Å². The van der Waals surface area contributed by atoms with Crippen LogP contribution in [0.5, 0.6) is 0 Å². The van der Waals surface area contributed by atoms with Crippen molar-refractivity contribution in [1.29, 1.82) is 0 Å². The van der Waals surface area contributed by atoms with E-state index in [0.717, 1.165) is 17.7 Å². The minimum atomic E-state index is -0.338. The molecule has 3 aromatic rings. The molecule has 4 rings (SSSR count). The van der Waals surface area contributed by atoms with E-state index in [-0.39, 0.29) is 28.6 Å². The molecule has 0 spiro atoms. The fraction of sp³-hybridized carbons (Fsp3) is 0.240. The Balaban J connectivity index is 1.51. The average molecular weight is 399 g/mol. The summed E-state index contributed by atoms with van der Waals surface area (Å²) in [6.45, 7) is 7.06. The zero-order valence-electron chi connectivity index (χ0n) is 17.5. The molecule has 2 aromatic carbocycles. The van der Waals surface area contributed by atoms with Gasteiger partial charge in [-0.2, -0.15) is 0 Å². The van der Waals surface area contributed by atoms with E-state index < -0.39 is 0 Å². The second-order valence-electron chi connectivity index (χ2n) is 8.53. The van der Waals surface area contributed by atoms with Crippen LogP contribution in [-0.2, 0) is 11.8 Å². The minimum Gasteiger partial charge on any atom is -0.321 e. The molecule has 0 aliphatic carbocycles. The molecule has 1 aliphatic heterocycles. The largest absolute Gasteiger partial charge is 0.321 e. The van der Waals surface area contributed by atoms with Crippen molar-refractivity contribution in [3.05, 3.63) is 89.2 Å². The lowest BCUT2D eigenvalue weighted by Crippen LogP contribution is -2.30. The van der Waals surface area contributed by atoms with E-state index in [1.165, 1.54) is 5.56 Å². The summed E-state index contributed by atoms with van der Waals surface area (Å²) in [4.78, 5) is 31.8. The Morgan fingerprint density at radius 1 is 0.900 bits per heavy atom. The summed E-state index contributed by atoms with van der Waals surface area (Å²) in [5, 5.41) is 2.86. The highest BCUT2D eigenvalue weighted by molar-refractivity contribution is 6.08. The number of benzene rings is 2. The third-order valence-corrected chi connectivity index (χ3v) is 5.34. The van der Waals surface area contributed by atoms with Gasteiger partial charge >= 0.3 is 0 Å². The minimum absolute atomic E-state index is 0.0486. The summed E-state index contributed by atoms with van der Waals surface area (Å²) in [5.41, 5.74) is 4.48. The molecule has 152 valence electrons. The van der Waals surface area contributed by atoms with Crippen LogP contribution in [0.3, 0.4) is 0 Å². The van der Waals surface area contributed by atoms with Gasteiger partial charge in [0.1, 0.15) is 11.4 Å². The van der Waals surface area contributed by atoms with Gasteiger partial charge in [0.05, 0.1) is 0 Å². The van der Waals surface area contributed by atoms with Gasteiger partial charge in [-0.3, -0.25) is 9.59 Å². The fourth-order valence-electron chi connectivity index (χ4n) is 3.62. The van der Waals surface area contributed by atoms with Crippen molar-refractivity contribution in [2.75, 3.05) is 16.8 Å². The van der Waals surface area contributed by atoms with E-state index in [1.807, 2.05) is 48.5 Å². The van der Waals surface area contributed by atoms with E-state index in [4.69, 9.17) is 0 Å². The van der Waals surface area contributed by atoms with Crippen LogP contribution in [0.4, 0.5) is 11.4 Å². The Hall–Kier alpha value is -3.47. The first kappa shape index (κ1) is 19.8. The zero-order valence-corrected chi connectivity index (χ0v) is 17.5. The number of amides is 2. The molecule has 1 N–H and O–H groups in total. The van der Waals surface area contributed by atoms with E-state index in [2.05, 4.69) is 31.1 Å². The topological polar surface area (TPSA) is 62.3 Å². The van der Waals surface area contributed by atoms with Crippen molar-refractivity contribution < 1.29 is 9.59 Å². The van der Waals surface area contributed by atoms with Crippen LogP contribution in [0.25, 0.3) is 0 Å². The van der Waals surface area contributed by atoms with Gasteiger partial charge < -0.3 is 10.2 Å². The number of nitrogens with one attached hydrogen (secondary N) is 1. The predicted octanol–water partition coefficient (Wildman–Crippen LogP) is 4.83. The third kappa shape index (κ3) is 3.96. The highest BCUT2D eigenvalue weighted by atomic mass is 16.2. The van der Waals surface area contributed by atoms with Crippen LogP contribution < -0.4 is 10.2 Å². The molecule has 0 fully saturated rings. The second-order valence-corrected chi connectivity index (χ2v) is 8.53. The Kier molecular flexibility index (Phi) is 5.12. The summed E-state index contributed by atoms with van der Waals surface area (Å²) in [7, 11) is 0. The van der Waals surface area contributed by atoms with Crippen LogP contribution in [0, 0.1) is 0 Å². The first-order valence-electron chi connectivity index (χ1n) is 10.1.